The Labute approximate surface area is 135 Å². The summed E-state index contributed by atoms with van der Waals surface area (Å²) in [6.45, 7) is 1.88. The van der Waals surface area contributed by atoms with Gasteiger partial charge in [-0.25, -0.2) is 14.9 Å². The van der Waals surface area contributed by atoms with Gasteiger partial charge in [0, 0.05) is 23.6 Å². The van der Waals surface area contributed by atoms with Crippen LogP contribution < -0.4 is 11.2 Å². The van der Waals surface area contributed by atoms with E-state index >= 15 is 0 Å². The van der Waals surface area contributed by atoms with Gasteiger partial charge in [0.05, 0.1) is 5.69 Å². The molecule has 8 heteroatoms. The topological polar surface area (TPSA) is 85.0 Å². The average molecular weight is 329 g/mol. The lowest BCUT2D eigenvalue weighted by Crippen LogP contribution is -2.17. The van der Waals surface area contributed by atoms with Crippen molar-refractivity contribution in [2.45, 2.75) is 36.7 Å². The van der Waals surface area contributed by atoms with Gasteiger partial charge >= 0.3 is 5.69 Å². The van der Waals surface area contributed by atoms with E-state index in [9.17, 15) is 9.59 Å². The molecular weight excluding hydrogens is 314 g/mol. The quantitative estimate of drug-likeness (QED) is 0.734. The average Bonchev–Trinajstić information content (AvgIpc) is 3.28. The Morgan fingerprint density at radius 2 is 2.17 bits per heavy atom. The highest BCUT2D eigenvalue weighted by Crippen LogP contribution is 2.36. The fourth-order valence-corrected chi connectivity index (χ4v) is 3.53. The molecule has 0 atom stereocenters. The highest BCUT2D eigenvalue weighted by Gasteiger charge is 2.28. The third kappa shape index (κ3) is 2.59. The SMILES string of the molecule is Cc1cccc2nc(CSc3n[nH]c(=O)n3C3CC3)cc(=O)n12. The molecule has 3 aromatic heterocycles. The van der Waals surface area contributed by atoms with Crippen LogP contribution in [0.1, 0.15) is 30.3 Å². The lowest BCUT2D eigenvalue weighted by molar-refractivity contribution is 0.642. The summed E-state index contributed by atoms with van der Waals surface area (Å²) < 4.78 is 3.28. The van der Waals surface area contributed by atoms with Crippen molar-refractivity contribution in [3.8, 4) is 0 Å². The lowest BCUT2D eigenvalue weighted by atomic mass is 10.3. The van der Waals surface area contributed by atoms with Gasteiger partial charge in [0.2, 0.25) is 0 Å². The minimum atomic E-state index is -0.169. The Balaban J connectivity index is 1.64. The van der Waals surface area contributed by atoms with Crippen LogP contribution in [-0.2, 0) is 5.75 Å². The zero-order valence-electron chi connectivity index (χ0n) is 12.5. The number of aryl methyl sites for hydroxylation is 1. The molecule has 1 aliphatic rings. The third-order valence-corrected chi connectivity index (χ3v) is 4.85. The van der Waals surface area contributed by atoms with Crippen LogP contribution in [0, 0.1) is 6.92 Å². The number of rotatable bonds is 4. The molecule has 0 aliphatic heterocycles. The molecule has 7 nitrogen and oxygen atoms in total. The van der Waals surface area contributed by atoms with Gasteiger partial charge < -0.3 is 0 Å². The van der Waals surface area contributed by atoms with E-state index in [1.54, 1.807) is 15.0 Å². The summed E-state index contributed by atoms with van der Waals surface area (Å²) in [5.74, 6) is 0.497. The Morgan fingerprint density at radius 1 is 1.35 bits per heavy atom. The van der Waals surface area contributed by atoms with E-state index < -0.39 is 0 Å². The van der Waals surface area contributed by atoms with E-state index in [2.05, 4.69) is 15.2 Å². The molecule has 1 N–H and O–H groups in total. The molecule has 0 aromatic carbocycles. The molecule has 4 rings (SSSR count). The first-order chi connectivity index (χ1) is 11.1. The number of aromatic amines is 1. The fraction of sp³-hybridized carbons (Fsp3) is 0.333. The third-order valence-electron chi connectivity index (χ3n) is 3.87. The van der Waals surface area contributed by atoms with Crippen LogP contribution in [0.2, 0.25) is 0 Å². The van der Waals surface area contributed by atoms with E-state index in [1.165, 1.54) is 11.8 Å². The normalized spacial score (nSPS) is 14.5. The predicted molar refractivity (Wildman–Crippen MR) is 86.9 cm³/mol. The molecule has 0 radical (unpaired) electrons. The largest absolute Gasteiger partial charge is 0.344 e. The maximum absolute atomic E-state index is 12.3. The van der Waals surface area contributed by atoms with Crippen molar-refractivity contribution in [2.75, 3.05) is 0 Å². The van der Waals surface area contributed by atoms with Crippen LogP contribution >= 0.6 is 11.8 Å². The molecule has 0 unspecified atom stereocenters. The molecule has 1 saturated carbocycles. The number of nitrogens with zero attached hydrogens (tertiary/aromatic N) is 4. The summed E-state index contributed by atoms with van der Waals surface area (Å²) >= 11 is 1.42. The van der Waals surface area contributed by atoms with Crippen LogP contribution in [0.25, 0.3) is 5.65 Å². The highest BCUT2D eigenvalue weighted by atomic mass is 32.2. The molecule has 1 fully saturated rings. The van der Waals surface area contributed by atoms with Crippen molar-refractivity contribution >= 4 is 17.4 Å². The number of fused-ring (bicyclic) bond motifs is 1. The summed E-state index contributed by atoms with van der Waals surface area (Å²) in [6.07, 6.45) is 2.03. The van der Waals surface area contributed by atoms with Crippen LogP contribution in [-0.4, -0.2) is 24.1 Å². The van der Waals surface area contributed by atoms with Crippen molar-refractivity contribution in [1.29, 1.82) is 0 Å². The number of H-pyrrole nitrogens is 1. The van der Waals surface area contributed by atoms with Crippen molar-refractivity contribution in [3.05, 3.63) is 56.5 Å². The van der Waals surface area contributed by atoms with Crippen LogP contribution in [0.5, 0.6) is 0 Å². The maximum Gasteiger partial charge on any atom is 0.344 e. The fourth-order valence-electron chi connectivity index (χ4n) is 2.62. The number of nitrogens with one attached hydrogen (secondary N) is 1. The monoisotopic (exact) mass is 329 g/mol. The minimum absolute atomic E-state index is 0.0923. The predicted octanol–water partition coefficient (Wildman–Crippen LogP) is 1.51. The van der Waals surface area contributed by atoms with E-state index in [0.29, 0.717) is 22.3 Å². The second-order valence-electron chi connectivity index (χ2n) is 5.65. The van der Waals surface area contributed by atoms with E-state index in [1.807, 2.05) is 25.1 Å². The van der Waals surface area contributed by atoms with Gasteiger partial charge in [0.1, 0.15) is 5.65 Å². The number of pyridine rings is 1. The van der Waals surface area contributed by atoms with E-state index in [-0.39, 0.29) is 17.3 Å². The summed E-state index contributed by atoms with van der Waals surface area (Å²) in [4.78, 5) is 28.5. The maximum atomic E-state index is 12.3. The first kappa shape index (κ1) is 14.3. The molecule has 3 heterocycles. The van der Waals surface area contributed by atoms with Gasteiger partial charge in [-0.2, -0.15) is 0 Å². The highest BCUT2D eigenvalue weighted by molar-refractivity contribution is 7.98. The number of thioether (sulfide) groups is 1. The second kappa shape index (κ2) is 5.38. The van der Waals surface area contributed by atoms with E-state index in [0.717, 1.165) is 18.5 Å². The van der Waals surface area contributed by atoms with Crippen LogP contribution in [0.3, 0.4) is 0 Å². The molecule has 23 heavy (non-hydrogen) atoms. The first-order valence-electron chi connectivity index (χ1n) is 7.41. The zero-order chi connectivity index (χ0) is 16.0. The number of hydrogen-bond donors (Lipinski definition) is 1. The summed E-state index contributed by atoms with van der Waals surface area (Å²) in [5, 5.41) is 7.22. The van der Waals surface area contributed by atoms with Gasteiger partial charge in [0.25, 0.3) is 5.56 Å². The van der Waals surface area contributed by atoms with Gasteiger partial charge in [-0.05, 0) is 31.9 Å². The molecule has 118 valence electrons. The first-order valence-corrected chi connectivity index (χ1v) is 8.40. The molecule has 0 bridgehead atoms. The molecule has 0 saturated heterocycles. The Morgan fingerprint density at radius 3 is 2.96 bits per heavy atom. The summed E-state index contributed by atoms with van der Waals surface area (Å²) in [6, 6.07) is 7.38. The molecule has 3 aromatic rings. The Hall–Kier alpha value is -2.35. The molecular formula is C15H15N5O2S. The van der Waals surface area contributed by atoms with Crippen molar-refractivity contribution in [3.63, 3.8) is 0 Å². The number of aromatic nitrogens is 5. The minimum Gasteiger partial charge on any atom is -0.269 e. The van der Waals surface area contributed by atoms with Gasteiger partial charge in [-0.1, -0.05) is 17.8 Å². The lowest BCUT2D eigenvalue weighted by Gasteiger charge is -2.06. The molecule has 0 spiro atoms. The van der Waals surface area contributed by atoms with Gasteiger partial charge in [-0.15, -0.1) is 5.10 Å². The van der Waals surface area contributed by atoms with Crippen molar-refractivity contribution < 1.29 is 0 Å². The number of hydrogen-bond acceptors (Lipinski definition) is 5. The van der Waals surface area contributed by atoms with Crippen molar-refractivity contribution in [1.82, 2.24) is 24.1 Å². The van der Waals surface area contributed by atoms with Crippen LogP contribution in [0.15, 0.2) is 39.0 Å². The van der Waals surface area contributed by atoms with E-state index in [4.69, 9.17) is 0 Å². The van der Waals surface area contributed by atoms with Gasteiger partial charge in [0.15, 0.2) is 5.16 Å². The zero-order valence-corrected chi connectivity index (χ0v) is 13.3. The van der Waals surface area contributed by atoms with Crippen molar-refractivity contribution in [2.24, 2.45) is 0 Å². The Kier molecular flexibility index (Phi) is 3.33. The van der Waals surface area contributed by atoms with Crippen LogP contribution in [0.4, 0.5) is 0 Å². The summed E-state index contributed by atoms with van der Waals surface area (Å²) in [5.41, 5.74) is 1.91. The molecule has 1 aliphatic carbocycles. The summed E-state index contributed by atoms with van der Waals surface area (Å²) in [7, 11) is 0. The molecule has 0 amide bonds. The van der Waals surface area contributed by atoms with Gasteiger partial charge in [-0.3, -0.25) is 13.8 Å². The smallest absolute Gasteiger partial charge is 0.269 e. The standard InChI is InChI=1S/C15H15N5O2S/c1-9-3-2-4-12-16-10(7-13(21)19(9)12)8-23-15-18-17-14(22)20(15)11-5-6-11/h2-4,7,11H,5-6,8H2,1H3,(H,17,22). The second-order valence-corrected chi connectivity index (χ2v) is 6.59. The Bertz CT molecular complexity index is 999.